The normalized spacial score (nSPS) is 13.4. The molecule has 3 heteroatoms. The summed E-state index contributed by atoms with van der Waals surface area (Å²) in [5.41, 5.74) is 1.13. The van der Waals surface area contributed by atoms with Gasteiger partial charge < -0.3 is 14.9 Å². The number of hydrogen-bond donors (Lipinski definition) is 2. The average molecular weight is 435 g/mol. The van der Waals surface area contributed by atoms with Crippen molar-refractivity contribution in [1.29, 1.82) is 0 Å². The maximum Gasteiger partial charge on any atom is 0.103 e. The minimum atomic E-state index is -0.818. The number of rotatable bonds is 22. The first-order chi connectivity index (χ1) is 15.3. The molecule has 2 N–H and O–H groups in total. The minimum Gasteiger partial charge on any atom is -0.394 e. The van der Waals surface area contributed by atoms with Gasteiger partial charge >= 0.3 is 0 Å². The van der Waals surface area contributed by atoms with E-state index < -0.39 is 6.10 Å². The Bertz CT molecular complexity index is 476. The Balaban J connectivity index is 1.90. The van der Waals surface area contributed by atoms with E-state index in [2.05, 4.69) is 6.92 Å². The highest BCUT2D eigenvalue weighted by molar-refractivity contribution is 5.15. The molecule has 0 saturated carbocycles. The molecule has 0 saturated heterocycles. The zero-order chi connectivity index (χ0) is 22.4. The second-order valence-corrected chi connectivity index (χ2v) is 9.15. The van der Waals surface area contributed by atoms with Gasteiger partial charge in [0.25, 0.3) is 0 Å². The van der Waals surface area contributed by atoms with Crippen LogP contribution in [0, 0.1) is 0 Å². The number of aliphatic hydroxyl groups is 2. The van der Waals surface area contributed by atoms with Gasteiger partial charge in [0.2, 0.25) is 0 Å². The third kappa shape index (κ3) is 16.4. The lowest BCUT2D eigenvalue weighted by atomic mass is 10.0. The summed E-state index contributed by atoms with van der Waals surface area (Å²) in [5.74, 6) is 0. The van der Waals surface area contributed by atoms with Crippen LogP contribution in [0.25, 0.3) is 0 Å². The van der Waals surface area contributed by atoms with Crippen molar-refractivity contribution < 1.29 is 14.9 Å². The predicted octanol–water partition coefficient (Wildman–Crippen LogP) is 7.23. The predicted molar refractivity (Wildman–Crippen MR) is 133 cm³/mol. The van der Waals surface area contributed by atoms with E-state index in [1.807, 2.05) is 30.3 Å². The molecule has 0 aliphatic heterocycles. The summed E-state index contributed by atoms with van der Waals surface area (Å²) in [7, 11) is 0. The maximum absolute atomic E-state index is 10.0. The van der Waals surface area contributed by atoms with E-state index in [1.165, 1.54) is 96.3 Å². The maximum atomic E-state index is 10.0. The minimum absolute atomic E-state index is 0.254. The summed E-state index contributed by atoms with van der Waals surface area (Å²) in [6.45, 7) is 2.69. The molecule has 0 aromatic heterocycles. The Labute approximate surface area is 192 Å². The molecule has 1 aromatic rings. The lowest BCUT2D eigenvalue weighted by molar-refractivity contribution is -0.0580. The van der Waals surface area contributed by atoms with Crippen LogP contribution in [-0.4, -0.2) is 35.6 Å². The van der Waals surface area contributed by atoms with Gasteiger partial charge in [-0.2, -0.15) is 0 Å². The van der Waals surface area contributed by atoms with Crippen LogP contribution in [0.4, 0.5) is 0 Å². The first-order valence-electron chi connectivity index (χ1n) is 13.2. The van der Waals surface area contributed by atoms with E-state index in [4.69, 9.17) is 4.74 Å². The quantitative estimate of drug-likeness (QED) is 0.189. The van der Waals surface area contributed by atoms with Gasteiger partial charge in [-0.3, -0.25) is 0 Å². The van der Waals surface area contributed by atoms with E-state index in [1.54, 1.807) is 0 Å². The third-order valence-electron chi connectivity index (χ3n) is 6.23. The first kappa shape index (κ1) is 28.1. The highest BCUT2D eigenvalue weighted by atomic mass is 16.5. The molecule has 0 bridgehead atoms. The van der Waals surface area contributed by atoms with E-state index in [0.29, 0.717) is 13.0 Å². The van der Waals surface area contributed by atoms with Crippen molar-refractivity contribution in [3.05, 3.63) is 35.9 Å². The zero-order valence-corrected chi connectivity index (χ0v) is 20.3. The lowest BCUT2D eigenvalue weighted by Crippen LogP contribution is -2.34. The largest absolute Gasteiger partial charge is 0.394 e. The Morgan fingerprint density at radius 2 is 1.13 bits per heavy atom. The number of unbranched alkanes of at least 4 members (excludes halogenated alkanes) is 15. The highest BCUT2D eigenvalue weighted by Gasteiger charge is 2.19. The Kier molecular flexibility index (Phi) is 19.0. The molecular formula is C28H50O3. The summed E-state index contributed by atoms with van der Waals surface area (Å²) in [4.78, 5) is 0. The summed E-state index contributed by atoms with van der Waals surface area (Å²) >= 11 is 0. The monoisotopic (exact) mass is 434 g/mol. The van der Waals surface area contributed by atoms with Crippen LogP contribution in [0.2, 0.25) is 0 Å². The van der Waals surface area contributed by atoms with Gasteiger partial charge in [0.1, 0.15) is 6.10 Å². The summed E-state index contributed by atoms with van der Waals surface area (Å²) in [6, 6.07) is 10.0. The van der Waals surface area contributed by atoms with Crippen LogP contribution in [0.1, 0.15) is 115 Å². The van der Waals surface area contributed by atoms with Gasteiger partial charge in [-0.1, -0.05) is 134 Å². The lowest BCUT2D eigenvalue weighted by Gasteiger charge is -2.22. The fourth-order valence-electron chi connectivity index (χ4n) is 4.15. The summed E-state index contributed by atoms with van der Waals surface area (Å²) in [5, 5.41) is 19.3. The summed E-state index contributed by atoms with van der Waals surface area (Å²) < 4.78 is 5.91. The second kappa shape index (κ2) is 21.0. The fourth-order valence-corrected chi connectivity index (χ4v) is 4.15. The van der Waals surface area contributed by atoms with Crippen LogP contribution in [0.3, 0.4) is 0 Å². The second-order valence-electron chi connectivity index (χ2n) is 9.15. The molecule has 2 atom stereocenters. The van der Waals surface area contributed by atoms with Gasteiger partial charge in [0.15, 0.2) is 0 Å². The van der Waals surface area contributed by atoms with Gasteiger partial charge in [-0.25, -0.2) is 0 Å². The summed E-state index contributed by atoms with van der Waals surface area (Å²) in [6.07, 6.45) is 21.2. The Morgan fingerprint density at radius 1 is 0.677 bits per heavy atom. The molecular weight excluding hydrogens is 384 g/mol. The van der Waals surface area contributed by atoms with Crippen LogP contribution < -0.4 is 0 Å². The van der Waals surface area contributed by atoms with E-state index in [0.717, 1.165) is 12.0 Å². The van der Waals surface area contributed by atoms with E-state index >= 15 is 0 Å². The molecule has 1 rings (SSSR count). The number of ether oxygens (including phenoxy) is 1. The van der Waals surface area contributed by atoms with Crippen LogP contribution in [0.15, 0.2) is 30.3 Å². The SMILES string of the molecule is CCCCCCCCCCCCCCCCCCOC(Cc1ccccc1)C(O)CO. The van der Waals surface area contributed by atoms with Crippen LogP contribution in [0.5, 0.6) is 0 Å². The Morgan fingerprint density at radius 3 is 1.58 bits per heavy atom. The van der Waals surface area contributed by atoms with Crippen molar-refractivity contribution >= 4 is 0 Å². The highest BCUT2D eigenvalue weighted by Crippen LogP contribution is 2.14. The molecule has 0 spiro atoms. The molecule has 0 aliphatic rings. The molecule has 0 amide bonds. The topological polar surface area (TPSA) is 49.7 Å². The molecule has 31 heavy (non-hydrogen) atoms. The first-order valence-corrected chi connectivity index (χ1v) is 13.2. The molecule has 1 aromatic carbocycles. The van der Waals surface area contributed by atoms with Crippen LogP contribution in [-0.2, 0) is 11.2 Å². The van der Waals surface area contributed by atoms with Crippen molar-refractivity contribution in [3.8, 4) is 0 Å². The van der Waals surface area contributed by atoms with Crippen molar-refractivity contribution in [2.24, 2.45) is 0 Å². The molecule has 0 fully saturated rings. The van der Waals surface area contributed by atoms with Crippen molar-refractivity contribution in [1.82, 2.24) is 0 Å². The molecule has 0 aliphatic carbocycles. The van der Waals surface area contributed by atoms with Gasteiger partial charge in [-0.15, -0.1) is 0 Å². The van der Waals surface area contributed by atoms with E-state index in [-0.39, 0.29) is 12.7 Å². The smallest absolute Gasteiger partial charge is 0.103 e. The molecule has 180 valence electrons. The van der Waals surface area contributed by atoms with Gasteiger partial charge in [0, 0.05) is 13.0 Å². The zero-order valence-electron chi connectivity index (χ0n) is 20.3. The van der Waals surface area contributed by atoms with Crippen molar-refractivity contribution in [3.63, 3.8) is 0 Å². The van der Waals surface area contributed by atoms with Crippen LogP contribution >= 0.6 is 0 Å². The average Bonchev–Trinajstić information content (AvgIpc) is 2.80. The molecule has 0 heterocycles. The van der Waals surface area contributed by atoms with Gasteiger partial charge in [-0.05, 0) is 12.0 Å². The van der Waals surface area contributed by atoms with Crippen molar-refractivity contribution in [2.75, 3.05) is 13.2 Å². The number of benzene rings is 1. The molecule has 0 radical (unpaired) electrons. The standard InChI is InChI=1S/C28H50O3/c1-2-3-4-5-6-7-8-9-10-11-12-13-14-15-16-20-23-31-28(27(30)25-29)24-26-21-18-17-19-22-26/h17-19,21-22,27-30H,2-16,20,23-25H2,1H3. The van der Waals surface area contributed by atoms with Crippen molar-refractivity contribution in [2.45, 2.75) is 128 Å². The van der Waals surface area contributed by atoms with E-state index in [9.17, 15) is 10.2 Å². The van der Waals surface area contributed by atoms with Gasteiger partial charge in [0.05, 0.1) is 12.7 Å². The molecule has 2 unspecified atom stereocenters. The molecule has 3 nitrogen and oxygen atoms in total. The Hall–Kier alpha value is -0.900. The number of hydrogen-bond acceptors (Lipinski definition) is 3. The number of aliphatic hydroxyl groups excluding tert-OH is 2. The third-order valence-corrected chi connectivity index (χ3v) is 6.23. The fraction of sp³-hybridized carbons (Fsp3) is 0.786.